The summed E-state index contributed by atoms with van der Waals surface area (Å²) in [5.74, 6) is -1.75. The minimum absolute atomic E-state index is 0.101. The summed E-state index contributed by atoms with van der Waals surface area (Å²) in [5.41, 5.74) is 1.81. The van der Waals surface area contributed by atoms with Crippen LogP contribution in [0.4, 0.5) is 5.00 Å². The molecule has 0 aliphatic carbocycles. The zero-order chi connectivity index (χ0) is 24.1. The fourth-order valence-electron chi connectivity index (χ4n) is 2.71. The van der Waals surface area contributed by atoms with E-state index in [0.717, 1.165) is 16.9 Å². The number of aryl methyl sites for hydroxylation is 1. The summed E-state index contributed by atoms with van der Waals surface area (Å²) in [7, 11) is 0. The van der Waals surface area contributed by atoms with Gasteiger partial charge in [-0.2, -0.15) is 0 Å². The quantitative estimate of drug-likeness (QED) is 0.280. The molecule has 1 aromatic heterocycles. The summed E-state index contributed by atoms with van der Waals surface area (Å²) in [6.45, 7) is 7.11. The number of esters is 2. The summed E-state index contributed by atoms with van der Waals surface area (Å²) in [6, 6.07) is 6.83. The van der Waals surface area contributed by atoms with Crippen LogP contribution in [0.3, 0.4) is 0 Å². The number of halogens is 3. The predicted molar refractivity (Wildman–Crippen MR) is 127 cm³/mol. The minimum Gasteiger partial charge on any atom is -0.462 e. The lowest BCUT2D eigenvalue weighted by Crippen LogP contribution is -2.49. The Morgan fingerprint density at radius 1 is 1.00 bits per heavy atom. The third-order valence-corrected chi connectivity index (χ3v) is 6.14. The Morgan fingerprint density at radius 2 is 1.56 bits per heavy atom. The first-order valence-corrected chi connectivity index (χ1v) is 11.6. The van der Waals surface area contributed by atoms with E-state index in [1.165, 1.54) is 0 Å². The zero-order valence-corrected chi connectivity index (χ0v) is 21.0. The molecular formula is C21H23Cl3N2O5S. The lowest BCUT2D eigenvalue weighted by molar-refractivity contribution is 0.0527. The molecule has 0 aliphatic rings. The van der Waals surface area contributed by atoms with Gasteiger partial charge in [0.1, 0.15) is 16.0 Å². The number of hydrogen-bond acceptors (Lipinski definition) is 7. The van der Waals surface area contributed by atoms with Gasteiger partial charge in [-0.25, -0.2) is 9.59 Å². The highest BCUT2D eigenvalue weighted by Gasteiger charge is 2.37. The average molecular weight is 522 g/mol. The minimum atomic E-state index is -1.99. The number of anilines is 1. The van der Waals surface area contributed by atoms with Gasteiger partial charge in [0, 0.05) is 5.56 Å². The molecule has 0 saturated heterocycles. The Bertz CT molecular complexity index is 987. The first-order chi connectivity index (χ1) is 15.0. The molecule has 1 heterocycles. The van der Waals surface area contributed by atoms with Crippen LogP contribution >= 0.6 is 46.1 Å². The van der Waals surface area contributed by atoms with Crippen molar-refractivity contribution in [3.8, 4) is 0 Å². The van der Waals surface area contributed by atoms with E-state index in [1.54, 1.807) is 45.0 Å². The number of thiophene rings is 1. The second-order valence-corrected chi connectivity index (χ2v) is 10.0. The molecule has 2 N–H and O–H groups in total. The first-order valence-electron chi connectivity index (χ1n) is 9.67. The van der Waals surface area contributed by atoms with Gasteiger partial charge in [0.25, 0.3) is 5.91 Å². The maximum Gasteiger partial charge on any atom is 0.348 e. The molecular weight excluding hydrogens is 499 g/mol. The molecule has 0 radical (unpaired) electrons. The number of nitrogens with one attached hydrogen (secondary N) is 2. The fourth-order valence-corrected chi connectivity index (χ4v) is 4.15. The van der Waals surface area contributed by atoms with Gasteiger partial charge < -0.3 is 20.1 Å². The smallest absolute Gasteiger partial charge is 0.348 e. The highest BCUT2D eigenvalue weighted by Crippen LogP contribution is 2.38. The molecule has 1 aromatic carbocycles. The van der Waals surface area contributed by atoms with Gasteiger partial charge in [-0.05, 0) is 45.4 Å². The van der Waals surface area contributed by atoms with Gasteiger partial charge in [-0.1, -0.05) is 52.5 Å². The molecule has 2 aromatic rings. The number of ether oxygens (including phenoxy) is 2. The van der Waals surface area contributed by atoms with E-state index in [2.05, 4.69) is 10.6 Å². The summed E-state index contributed by atoms with van der Waals surface area (Å²) < 4.78 is 8.19. The molecule has 0 spiro atoms. The lowest BCUT2D eigenvalue weighted by Gasteiger charge is -2.27. The van der Waals surface area contributed by atoms with Crippen LogP contribution in [0.15, 0.2) is 24.3 Å². The standard InChI is InChI=1S/C21H23Cl3N2O5S/c1-5-30-18(28)14-12(4)15(19(29)31-6-2)32-17(14)26-20(21(22,23)24)25-16(27)13-9-7-11(3)8-10-13/h7-10,20,26H,5-6H2,1-4H3,(H,25,27)/t20-/m0/s1. The first kappa shape index (κ1) is 26.3. The third kappa shape index (κ3) is 6.51. The van der Waals surface area contributed by atoms with Crippen LogP contribution in [0.5, 0.6) is 0 Å². The summed E-state index contributed by atoms with van der Waals surface area (Å²) in [6.07, 6.45) is -1.23. The maximum atomic E-state index is 12.7. The Kier molecular flexibility index (Phi) is 9.21. The summed E-state index contributed by atoms with van der Waals surface area (Å²) in [4.78, 5) is 37.8. The Hall–Kier alpha value is -2.00. The van der Waals surface area contributed by atoms with Crippen molar-refractivity contribution >= 4 is 69.0 Å². The van der Waals surface area contributed by atoms with E-state index >= 15 is 0 Å². The molecule has 32 heavy (non-hydrogen) atoms. The van der Waals surface area contributed by atoms with Crippen molar-refractivity contribution in [2.45, 2.75) is 37.7 Å². The van der Waals surface area contributed by atoms with Crippen LogP contribution in [0, 0.1) is 13.8 Å². The number of amides is 1. The molecule has 0 unspecified atom stereocenters. The van der Waals surface area contributed by atoms with Crippen molar-refractivity contribution in [3.05, 3.63) is 51.4 Å². The highest BCUT2D eigenvalue weighted by atomic mass is 35.6. The maximum absolute atomic E-state index is 12.7. The van der Waals surface area contributed by atoms with E-state index in [4.69, 9.17) is 44.3 Å². The van der Waals surface area contributed by atoms with E-state index in [-0.39, 0.29) is 28.7 Å². The van der Waals surface area contributed by atoms with Crippen molar-refractivity contribution in [3.63, 3.8) is 0 Å². The molecule has 0 aliphatic heterocycles. The molecule has 1 amide bonds. The number of rotatable bonds is 8. The van der Waals surface area contributed by atoms with Crippen molar-refractivity contribution < 1.29 is 23.9 Å². The van der Waals surface area contributed by atoms with Crippen LogP contribution < -0.4 is 10.6 Å². The van der Waals surface area contributed by atoms with E-state index in [1.807, 2.05) is 6.92 Å². The molecule has 0 fully saturated rings. The Balaban J connectivity index is 2.42. The number of carbonyl (C=O) groups is 3. The molecule has 0 bridgehead atoms. The van der Waals surface area contributed by atoms with Crippen LogP contribution in [0.1, 0.15) is 55.4 Å². The fraction of sp³-hybridized carbons (Fsp3) is 0.381. The number of hydrogen-bond donors (Lipinski definition) is 2. The highest BCUT2D eigenvalue weighted by molar-refractivity contribution is 7.18. The van der Waals surface area contributed by atoms with Gasteiger partial charge >= 0.3 is 11.9 Å². The normalized spacial score (nSPS) is 12.1. The SMILES string of the molecule is CCOC(=O)c1sc(N[C@H](NC(=O)c2ccc(C)cc2)C(Cl)(Cl)Cl)c(C(=O)OCC)c1C. The van der Waals surface area contributed by atoms with Gasteiger partial charge in [-0.15, -0.1) is 11.3 Å². The predicted octanol–water partition coefficient (Wildman–Crippen LogP) is 5.26. The molecule has 174 valence electrons. The second kappa shape index (κ2) is 11.2. The van der Waals surface area contributed by atoms with E-state index < -0.39 is 27.8 Å². The second-order valence-electron chi connectivity index (χ2n) is 6.66. The van der Waals surface area contributed by atoms with Crippen molar-refractivity contribution in [2.75, 3.05) is 18.5 Å². The van der Waals surface area contributed by atoms with Crippen molar-refractivity contribution in [1.82, 2.24) is 5.32 Å². The largest absolute Gasteiger partial charge is 0.462 e. The van der Waals surface area contributed by atoms with Crippen LogP contribution in [0.2, 0.25) is 0 Å². The topological polar surface area (TPSA) is 93.7 Å². The lowest BCUT2D eigenvalue weighted by atomic mass is 10.1. The van der Waals surface area contributed by atoms with E-state index in [0.29, 0.717) is 11.1 Å². The summed E-state index contributed by atoms with van der Waals surface area (Å²) in [5, 5.41) is 5.69. The van der Waals surface area contributed by atoms with Crippen molar-refractivity contribution in [1.29, 1.82) is 0 Å². The zero-order valence-electron chi connectivity index (χ0n) is 17.9. The Morgan fingerprint density at radius 3 is 2.09 bits per heavy atom. The monoisotopic (exact) mass is 520 g/mol. The molecule has 2 rings (SSSR count). The number of carbonyl (C=O) groups excluding carboxylic acids is 3. The molecule has 11 heteroatoms. The molecule has 1 atom stereocenters. The number of benzene rings is 1. The van der Waals surface area contributed by atoms with Gasteiger partial charge in [-0.3, -0.25) is 4.79 Å². The van der Waals surface area contributed by atoms with Crippen molar-refractivity contribution in [2.24, 2.45) is 0 Å². The van der Waals surface area contributed by atoms with Crippen LogP contribution in [0.25, 0.3) is 0 Å². The van der Waals surface area contributed by atoms with Crippen LogP contribution in [-0.2, 0) is 9.47 Å². The van der Waals surface area contributed by atoms with Gasteiger partial charge in [0.15, 0.2) is 0 Å². The van der Waals surface area contributed by atoms with Crippen LogP contribution in [-0.4, -0.2) is 41.0 Å². The third-order valence-electron chi connectivity index (χ3n) is 4.28. The number of alkyl halides is 3. The summed E-state index contributed by atoms with van der Waals surface area (Å²) >= 11 is 19.3. The van der Waals surface area contributed by atoms with Gasteiger partial charge in [0.05, 0.1) is 18.8 Å². The Labute approximate surface area is 205 Å². The molecule has 0 saturated carbocycles. The molecule has 7 nitrogen and oxygen atoms in total. The van der Waals surface area contributed by atoms with E-state index in [9.17, 15) is 14.4 Å². The average Bonchev–Trinajstić information content (AvgIpc) is 3.03. The van der Waals surface area contributed by atoms with Gasteiger partial charge in [0.2, 0.25) is 3.79 Å².